The van der Waals surface area contributed by atoms with Crippen molar-refractivity contribution >= 4 is 5.97 Å². The Morgan fingerprint density at radius 2 is 1.94 bits per heavy atom. The van der Waals surface area contributed by atoms with Crippen molar-refractivity contribution < 1.29 is 9.90 Å². The van der Waals surface area contributed by atoms with Crippen LogP contribution in [0.1, 0.15) is 32.6 Å². The van der Waals surface area contributed by atoms with Crippen LogP contribution in [-0.2, 0) is 4.79 Å². The number of likely N-dealkylation sites (tertiary alicyclic amines) is 2. The topological polar surface area (TPSA) is 43.8 Å². The third kappa shape index (κ3) is 2.55. The van der Waals surface area contributed by atoms with Crippen molar-refractivity contribution in [3.05, 3.63) is 0 Å². The van der Waals surface area contributed by atoms with Crippen LogP contribution in [0.2, 0.25) is 0 Å². The second-order valence-electron chi connectivity index (χ2n) is 5.05. The van der Waals surface area contributed by atoms with Crippen molar-refractivity contribution in [2.24, 2.45) is 0 Å². The molecule has 0 saturated carbocycles. The first-order valence-electron chi connectivity index (χ1n) is 6.39. The molecule has 0 amide bonds. The summed E-state index contributed by atoms with van der Waals surface area (Å²) in [5, 5.41) is 8.98. The summed E-state index contributed by atoms with van der Waals surface area (Å²) in [5.74, 6) is -0.695. The van der Waals surface area contributed by atoms with Gasteiger partial charge in [-0.2, -0.15) is 0 Å². The lowest BCUT2D eigenvalue weighted by Gasteiger charge is -2.32. The van der Waals surface area contributed by atoms with Gasteiger partial charge in [-0.1, -0.05) is 6.42 Å². The zero-order valence-electron chi connectivity index (χ0n) is 10.1. The van der Waals surface area contributed by atoms with Gasteiger partial charge >= 0.3 is 5.97 Å². The van der Waals surface area contributed by atoms with Gasteiger partial charge in [0.1, 0.15) is 6.04 Å². The van der Waals surface area contributed by atoms with Gasteiger partial charge in [0.05, 0.1) is 0 Å². The van der Waals surface area contributed by atoms with Gasteiger partial charge in [-0.15, -0.1) is 0 Å². The SMILES string of the molecule is CC(C(=O)O)N1CCC(N2CCCCC2)C1. The number of rotatable bonds is 3. The normalized spacial score (nSPS) is 30.4. The van der Waals surface area contributed by atoms with Crippen LogP contribution in [0.4, 0.5) is 0 Å². The Morgan fingerprint density at radius 1 is 1.25 bits per heavy atom. The number of piperidine rings is 1. The fourth-order valence-corrected chi connectivity index (χ4v) is 2.86. The maximum Gasteiger partial charge on any atom is 0.320 e. The number of nitrogens with zero attached hydrogens (tertiary/aromatic N) is 2. The summed E-state index contributed by atoms with van der Waals surface area (Å²) in [6.07, 6.45) is 5.12. The van der Waals surface area contributed by atoms with Crippen LogP contribution in [-0.4, -0.2) is 59.1 Å². The molecular weight excluding hydrogens is 204 g/mol. The summed E-state index contributed by atoms with van der Waals surface area (Å²) in [6.45, 7) is 6.09. The molecule has 2 heterocycles. The van der Waals surface area contributed by atoms with Gasteiger partial charge in [-0.3, -0.25) is 14.6 Å². The van der Waals surface area contributed by atoms with Crippen molar-refractivity contribution in [1.29, 1.82) is 0 Å². The van der Waals surface area contributed by atoms with Gasteiger partial charge in [0, 0.05) is 19.1 Å². The fourth-order valence-electron chi connectivity index (χ4n) is 2.86. The van der Waals surface area contributed by atoms with Crippen molar-refractivity contribution in [2.45, 2.75) is 44.7 Å². The van der Waals surface area contributed by atoms with Crippen molar-refractivity contribution in [2.75, 3.05) is 26.2 Å². The molecule has 0 aromatic carbocycles. The molecule has 2 unspecified atom stereocenters. The Bertz CT molecular complexity index is 251. The third-order valence-electron chi connectivity index (χ3n) is 4.01. The molecule has 0 aromatic rings. The summed E-state index contributed by atoms with van der Waals surface area (Å²) >= 11 is 0. The molecule has 16 heavy (non-hydrogen) atoms. The number of carboxylic acids is 1. The largest absolute Gasteiger partial charge is 0.480 e. The first-order chi connectivity index (χ1) is 7.68. The second kappa shape index (κ2) is 5.15. The van der Waals surface area contributed by atoms with E-state index in [9.17, 15) is 4.79 Å². The molecule has 2 saturated heterocycles. The molecule has 2 atom stereocenters. The summed E-state index contributed by atoms with van der Waals surface area (Å²) < 4.78 is 0. The monoisotopic (exact) mass is 226 g/mol. The van der Waals surface area contributed by atoms with E-state index in [1.165, 1.54) is 32.4 Å². The molecule has 2 rings (SSSR count). The number of aliphatic carboxylic acids is 1. The molecule has 4 nitrogen and oxygen atoms in total. The average molecular weight is 226 g/mol. The van der Waals surface area contributed by atoms with Crippen molar-refractivity contribution in [3.63, 3.8) is 0 Å². The number of hydrogen-bond acceptors (Lipinski definition) is 3. The van der Waals surface area contributed by atoms with Crippen LogP contribution in [0, 0.1) is 0 Å². The van der Waals surface area contributed by atoms with E-state index in [0.717, 1.165) is 19.5 Å². The molecule has 1 N–H and O–H groups in total. The number of carboxylic acid groups (broad SMARTS) is 1. The molecule has 4 heteroatoms. The molecule has 92 valence electrons. The Morgan fingerprint density at radius 3 is 2.56 bits per heavy atom. The summed E-state index contributed by atoms with van der Waals surface area (Å²) in [5.41, 5.74) is 0. The Hall–Kier alpha value is -0.610. The van der Waals surface area contributed by atoms with Gasteiger partial charge in [0.2, 0.25) is 0 Å². The predicted octanol–water partition coefficient (Wildman–Crippen LogP) is 1.02. The highest BCUT2D eigenvalue weighted by Gasteiger charge is 2.32. The van der Waals surface area contributed by atoms with E-state index in [2.05, 4.69) is 9.80 Å². The third-order valence-corrected chi connectivity index (χ3v) is 4.01. The first kappa shape index (κ1) is 11.9. The summed E-state index contributed by atoms with van der Waals surface area (Å²) in [7, 11) is 0. The second-order valence-corrected chi connectivity index (χ2v) is 5.05. The van der Waals surface area contributed by atoms with Crippen LogP contribution >= 0.6 is 0 Å². The van der Waals surface area contributed by atoms with E-state index in [1.807, 2.05) is 0 Å². The van der Waals surface area contributed by atoms with Gasteiger partial charge in [0.25, 0.3) is 0 Å². The van der Waals surface area contributed by atoms with Gasteiger partial charge in [0.15, 0.2) is 0 Å². The highest BCUT2D eigenvalue weighted by Crippen LogP contribution is 2.21. The molecule has 0 radical (unpaired) electrons. The number of hydrogen-bond donors (Lipinski definition) is 1. The highest BCUT2D eigenvalue weighted by atomic mass is 16.4. The lowest BCUT2D eigenvalue weighted by atomic mass is 10.1. The number of carbonyl (C=O) groups is 1. The standard InChI is InChI=1S/C12H22N2O2/c1-10(12(15)16)14-8-5-11(9-14)13-6-3-2-4-7-13/h10-11H,2-9H2,1H3,(H,15,16). The minimum Gasteiger partial charge on any atom is -0.480 e. The Balaban J connectivity index is 1.84. The molecule has 2 aliphatic rings. The van der Waals surface area contributed by atoms with Crippen LogP contribution in [0.3, 0.4) is 0 Å². The average Bonchev–Trinajstić information content (AvgIpc) is 2.78. The predicted molar refractivity (Wildman–Crippen MR) is 62.5 cm³/mol. The molecule has 0 aliphatic carbocycles. The zero-order chi connectivity index (χ0) is 11.5. The van der Waals surface area contributed by atoms with Crippen LogP contribution < -0.4 is 0 Å². The summed E-state index contributed by atoms with van der Waals surface area (Å²) in [6, 6.07) is 0.275. The smallest absolute Gasteiger partial charge is 0.320 e. The lowest BCUT2D eigenvalue weighted by molar-refractivity contribution is -0.142. The van der Waals surface area contributed by atoms with Crippen LogP contribution in [0.5, 0.6) is 0 Å². The Kier molecular flexibility index (Phi) is 3.82. The fraction of sp³-hybridized carbons (Fsp3) is 0.917. The van der Waals surface area contributed by atoms with E-state index >= 15 is 0 Å². The highest BCUT2D eigenvalue weighted by molar-refractivity contribution is 5.72. The van der Waals surface area contributed by atoms with Crippen LogP contribution in [0.15, 0.2) is 0 Å². The van der Waals surface area contributed by atoms with Gasteiger partial charge < -0.3 is 5.11 Å². The lowest BCUT2D eigenvalue weighted by Crippen LogP contribution is -2.43. The molecule has 0 aromatic heterocycles. The maximum absolute atomic E-state index is 10.9. The maximum atomic E-state index is 10.9. The minimum absolute atomic E-state index is 0.324. The van der Waals surface area contributed by atoms with E-state index in [0.29, 0.717) is 6.04 Å². The molecule has 2 fully saturated rings. The van der Waals surface area contributed by atoms with E-state index < -0.39 is 5.97 Å². The van der Waals surface area contributed by atoms with Crippen molar-refractivity contribution in [1.82, 2.24) is 9.80 Å². The molecule has 0 bridgehead atoms. The first-order valence-corrected chi connectivity index (χ1v) is 6.39. The summed E-state index contributed by atoms with van der Waals surface area (Å²) in [4.78, 5) is 15.6. The quantitative estimate of drug-likeness (QED) is 0.780. The van der Waals surface area contributed by atoms with Crippen LogP contribution in [0.25, 0.3) is 0 Å². The molecule has 0 spiro atoms. The van der Waals surface area contributed by atoms with E-state index in [4.69, 9.17) is 5.11 Å². The molecule has 2 aliphatic heterocycles. The van der Waals surface area contributed by atoms with E-state index in [1.54, 1.807) is 6.92 Å². The van der Waals surface area contributed by atoms with E-state index in [-0.39, 0.29) is 6.04 Å². The van der Waals surface area contributed by atoms with Crippen molar-refractivity contribution in [3.8, 4) is 0 Å². The van der Waals surface area contributed by atoms with Gasteiger partial charge in [-0.25, -0.2) is 0 Å². The Labute approximate surface area is 97.2 Å². The van der Waals surface area contributed by atoms with Gasteiger partial charge in [-0.05, 0) is 39.3 Å². The minimum atomic E-state index is -0.695. The molecular formula is C12H22N2O2. The zero-order valence-corrected chi connectivity index (χ0v) is 10.1.